The van der Waals surface area contributed by atoms with Gasteiger partial charge in [0.1, 0.15) is 12.4 Å². The minimum absolute atomic E-state index is 0.153. The number of rotatable bonds is 4. The molecule has 19 heavy (non-hydrogen) atoms. The average molecular weight is 264 g/mol. The van der Waals surface area contributed by atoms with Gasteiger partial charge in [0.2, 0.25) is 0 Å². The van der Waals surface area contributed by atoms with E-state index in [0.717, 1.165) is 24.3 Å². The first-order valence-electron chi connectivity index (χ1n) is 6.69. The number of nitro groups is 1. The molecule has 1 unspecified atom stereocenters. The highest BCUT2D eigenvalue weighted by molar-refractivity contribution is 5.49. The molecule has 0 aromatic heterocycles. The normalized spacial score (nSPS) is 19.2. The Kier molecular flexibility index (Phi) is 4.37. The molecule has 0 aliphatic carbocycles. The summed E-state index contributed by atoms with van der Waals surface area (Å²) < 4.78 is 5.81. The van der Waals surface area contributed by atoms with Crippen LogP contribution in [0.25, 0.3) is 0 Å². The third kappa shape index (κ3) is 3.44. The van der Waals surface area contributed by atoms with Gasteiger partial charge in [0.25, 0.3) is 5.69 Å². The van der Waals surface area contributed by atoms with E-state index >= 15 is 0 Å². The van der Waals surface area contributed by atoms with Crippen LogP contribution in [0.15, 0.2) is 12.1 Å². The van der Waals surface area contributed by atoms with Crippen molar-refractivity contribution in [3.8, 4) is 5.75 Å². The van der Waals surface area contributed by atoms with Crippen LogP contribution in [-0.2, 0) is 0 Å². The summed E-state index contributed by atoms with van der Waals surface area (Å²) in [7, 11) is 0. The number of aryl methyl sites for hydroxylation is 2. The molecule has 1 atom stereocenters. The largest absolute Gasteiger partial charge is 0.492 e. The molecule has 0 spiro atoms. The van der Waals surface area contributed by atoms with Gasteiger partial charge in [-0.3, -0.25) is 10.1 Å². The molecule has 1 saturated heterocycles. The Balaban J connectivity index is 2.04. The van der Waals surface area contributed by atoms with Crippen LogP contribution in [0.5, 0.6) is 5.75 Å². The minimum atomic E-state index is -0.352. The van der Waals surface area contributed by atoms with E-state index < -0.39 is 0 Å². The highest BCUT2D eigenvalue weighted by atomic mass is 16.6. The third-order valence-electron chi connectivity index (χ3n) is 3.54. The van der Waals surface area contributed by atoms with E-state index in [9.17, 15) is 10.1 Å². The maximum absolute atomic E-state index is 10.8. The van der Waals surface area contributed by atoms with Gasteiger partial charge in [-0.05, 0) is 44.9 Å². The Hall–Kier alpha value is -1.62. The molecule has 0 saturated carbocycles. The predicted octanol–water partition coefficient (Wildman–Crippen LogP) is 2.73. The molecular weight excluding hydrogens is 244 g/mol. The van der Waals surface area contributed by atoms with E-state index in [1.807, 2.05) is 6.92 Å². The Labute approximate surface area is 113 Å². The summed E-state index contributed by atoms with van der Waals surface area (Å²) in [6, 6.07) is 3.73. The first kappa shape index (κ1) is 13.8. The van der Waals surface area contributed by atoms with Crippen LogP contribution in [0.3, 0.4) is 0 Å². The van der Waals surface area contributed by atoms with Gasteiger partial charge in [-0.15, -0.1) is 0 Å². The molecule has 1 fully saturated rings. The second kappa shape index (κ2) is 6.02. The van der Waals surface area contributed by atoms with E-state index in [-0.39, 0.29) is 10.6 Å². The van der Waals surface area contributed by atoms with Crippen molar-refractivity contribution in [2.45, 2.75) is 39.2 Å². The molecule has 0 radical (unpaired) electrons. The molecule has 1 aromatic carbocycles. The summed E-state index contributed by atoms with van der Waals surface area (Å²) in [6.45, 7) is 5.25. The maximum atomic E-state index is 10.8. The molecule has 104 valence electrons. The number of nitro benzene ring substituents is 1. The Morgan fingerprint density at radius 1 is 1.37 bits per heavy atom. The minimum Gasteiger partial charge on any atom is -0.492 e. The second-order valence-corrected chi connectivity index (χ2v) is 5.12. The fourth-order valence-electron chi connectivity index (χ4n) is 2.38. The fraction of sp³-hybridized carbons (Fsp3) is 0.571. The molecule has 1 aromatic rings. The SMILES string of the molecule is Cc1cc([N+](=O)[O-])c(C)cc1OCC1CCCCN1. The molecule has 5 nitrogen and oxygen atoms in total. The van der Waals surface area contributed by atoms with Crippen molar-refractivity contribution >= 4 is 5.69 Å². The number of piperidine rings is 1. The molecule has 5 heteroatoms. The summed E-state index contributed by atoms with van der Waals surface area (Å²) in [5.41, 5.74) is 1.61. The Morgan fingerprint density at radius 2 is 2.16 bits per heavy atom. The van der Waals surface area contributed by atoms with Gasteiger partial charge in [-0.2, -0.15) is 0 Å². The van der Waals surface area contributed by atoms with E-state index in [4.69, 9.17) is 4.74 Å². The van der Waals surface area contributed by atoms with Gasteiger partial charge < -0.3 is 10.1 Å². The third-order valence-corrected chi connectivity index (χ3v) is 3.54. The van der Waals surface area contributed by atoms with Gasteiger partial charge in [-0.25, -0.2) is 0 Å². The molecule has 1 N–H and O–H groups in total. The van der Waals surface area contributed by atoms with Gasteiger partial charge >= 0.3 is 0 Å². The number of nitrogens with zero attached hydrogens (tertiary/aromatic N) is 1. The van der Waals surface area contributed by atoms with Crippen LogP contribution in [0.1, 0.15) is 30.4 Å². The Bertz CT molecular complexity index is 468. The first-order chi connectivity index (χ1) is 9.08. The van der Waals surface area contributed by atoms with Gasteiger partial charge in [0, 0.05) is 17.7 Å². The van der Waals surface area contributed by atoms with Crippen molar-refractivity contribution in [2.75, 3.05) is 13.2 Å². The number of hydrogen-bond acceptors (Lipinski definition) is 4. The lowest BCUT2D eigenvalue weighted by Crippen LogP contribution is -2.38. The van der Waals surface area contributed by atoms with E-state index in [1.165, 1.54) is 12.8 Å². The van der Waals surface area contributed by atoms with E-state index in [1.54, 1.807) is 19.1 Å². The van der Waals surface area contributed by atoms with Gasteiger partial charge in [0.15, 0.2) is 0 Å². The summed E-state index contributed by atoms with van der Waals surface area (Å²) >= 11 is 0. The van der Waals surface area contributed by atoms with Crippen LogP contribution < -0.4 is 10.1 Å². The van der Waals surface area contributed by atoms with Crippen molar-refractivity contribution in [3.05, 3.63) is 33.4 Å². The molecule has 0 amide bonds. The summed E-state index contributed by atoms with van der Waals surface area (Å²) in [4.78, 5) is 10.5. The van der Waals surface area contributed by atoms with Crippen LogP contribution in [-0.4, -0.2) is 24.1 Å². The molecule has 1 aliphatic rings. The summed E-state index contributed by atoms with van der Waals surface area (Å²) in [6.07, 6.45) is 3.59. The van der Waals surface area contributed by atoms with E-state index in [0.29, 0.717) is 18.2 Å². The Morgan fingerprint density at radius 3 is 2.79 bits per heavy atom. The lowest BCUT2D eigenvalue weighted by Gasteiger charge is -2.24. The fourth-order valence-corrected chi connectivity index (χ4v) is 2.38. The molecular formula is C14H20N2O3. The summed E-state index contributed by atoms with van der Waals surface area (Å²) in [5, 5.41) is 14.3. The zero-order valence-electron chi connectivity index (χ0n) is 11.4. The molecule has 1 heterocycles. The zero-order chi connectivity index (χ0) is 13.8. The van der Waals surface area contributed by atoms with Crippen molar-refractivity contribution in [3.63, 3.8) is 0 Å². The number of hydrogen-bond donors (Lipinski definition) is 1. The van der Waals surface area contributed by atoms with Crippen molar-refractivity contribution in [2.24, 2.45) is 0 Å². The van der Waals surface area contributed by atoms with Crippen LogP contribution in [0.4, 0.5) is 5.69 Å². The standard InChI is InChI=1S/C14H20N2O3/c1-10-8-14(11(2)7-13(10)16(17)18)19-9-12-5-3-4-6-15-12/h7-8,12,15H,3-6,9H2,1-2H3. The van der Waals surface area contributed by atoms with Gasteiger partial charge in [-0.1, -0.05) is 6.42 Å². The summed E-state index contributed by atoms with van der Waals surface area (Å²) in [5.74, 6) is 0.746. The average Bonchev–Trinajstić information content (AvgIpc) is 2.40. The smallest absolute Gasteiger partial charge is 0.272 e. The highest BCUT2D eigenvalue weighted by Gasteiger charge is 2.16. The first-order valence-corrected chi connectivity index (χ1v) is 6.69. The molecule has 0 bridgehead atoms. The molecule has 1 aliphatic heterocycles. The zero-order valence-corrected chi connectivity index (χ0v) is 11.4. The molecule has 2 rings (SSSR count). The number of ether oxygens (including phenoxy) is 1. The van der Waals surface area contributed by atoms with Crippen LogP contribution >= 0.6 is 0 Å². The lowest BCUT2D eigenvalue weighted by molar-refractivity contribution is -0.385. The van der Waals surface area contributed by atoms with Crippen molar-refractivity contribution < 1.29 is 9.66 Å². The van der Waals surface area contributed by atoms with E-state index in [2.05, 4.69) is 5.32 Å². The van der Waals surface area contributed by atoms with Crippen LogP contribution in [0.2, 0.25) is 0 Å². The monoisotopic (exact) mass is 264 g/mol. The lowest BCUT2D eigenvalue weighted by atomic mass is 10.1. The van der Waals surface area contributed by atoms with Crippen LogP contribution in [0, 0.1) is 24.0 Å². The van der Waals surface area contributed by atoms with Gasteiger partial charge in [0.05, 0.1) is 4.92 Å². The quantitative estimate of drug-likeness (QED) is 0.671. The van der Waals surface area contributed by atoms with Crippen molar-refractivity contribution in [1.82, 2.24) is 5.32 Å². The number of benzene rings is 1. The predicted molar refractivity (Wildman–Crippen MR) is 73.7 cm³/mol. The second-order valence-electron chi connectivity index (χ2n) is 5.12. The van der Waals surface area contributed by atoms with Crippen molar-refractivity contribution in [1.29, 1.82) is 0 Å². The topological polar surface area (TPSA) is 64.4 Å². The highest BCUT2D eigenvalue weighted by Crippen LogP contribution is 2.27. The maximum Gasteiger partial charge on any atom is 0.272 e. The number of nitrogens with one attached hydrogen (secondary N) is 1.